The Labute approximate surface area is 127 Å². The fraction of sp³-hybridized carbons (Fsp3) is 0.286. The first kappa shape index (κ1) is 13.8. The number of anilines is 2. The molecule has 0 aliphatic carbocycles. The van der Waals surface area contributed by atoms with Gasteiger partial charge in [0.25, 0.3) is 5.91 Å². The van der Waals surface area contributed by atoms with Gasteiger partial charge in [0.2, 0.25) is 0 Å². The summed E-state index contributed by atoms with van der Waals surface area (Å²) >= 11 is 6.26. The van der Waals surface area contributed by atoms with Crippen LogP contribution < -0.4 is 15.4 Å². The number of halogens is 1. The van der Waals surface area contributed by atoms with Gasteiger partial charge in [0.15, 0.2) is 6.61 Å². The maximum absolute atomic E-state index is 11.3. The van der Waals surface area contributed by atoms with Crippen LogP contribution in [0.1, 0.15) is 18.7 Å². The first-order valence-corrected chi connectivity index (χ1v) is 6.93. The number of hydrogen-bond acceptors (Lipinski definition) is 4. The molecule has 0 saturated heterocycles. The van der Waals surface area contributed by atoms with Crippen LogP contribution in [0.3, 0.4) is 0 Å². The Morgan fingerprint density at radius 3 is 3.05 bits per heavy atom. The lowest BCUT2D eigenvalue weighted by Gasteiger charge is -2.22. The van der Waals surface area contributed by atoms with Crippen LogP contribution in [-0.2, 0) is 11.8 Å². The molecule has 2 heterocycles. The molecular weight excluding hydrogens is 292 g/mol. The van der Waals surface area contributed by atoms with Crippen molar-refractivity contribution in [1.29, 1.82) is 0 Å². The minimum absolute atomic E-state index is 0.0192. The molecule has 0 bridgehead atoms. The molecule has 1 aromatic carbocycles. The van der Waals surface area contributed by atoms with E-state index in [-0.39, 0.29) is 18.6 Å². The summed E-state index contributed by atoms with van der Waals surface area (Å²) in [4.78, 5) is 11.3. The highest BCUT2D eigenvalue weighted by Gasteiger charge is 2.19. The van der Waals surface area contributed by atoms with E-state index in [1.807, 2.05) is 20.0 Å². The van der Waals surface area contributed by atoms with Crippen LogP contribution >= 0.6 is 11.6 Å². The molecule has 1 unspecified atom stereocenters. The van der Waals surface area contributed by atoms with E-state index >= 15 is 0 Å². The second-order valence-corrected chi connectivity index (χ2v) is 5.32. The van der Waals surface area contributed by atoms with Crippen molar-refractivity contribution in [2.75, 3.05) is 17.2 Å². The molecule has 1 aliphatic heterocycles. The van der Waals surface area contributed by atoms with Gasteiger partial charge in [-0.2, -0.15) is 5.10 Å². The van der Waals surface area contributed by atoms with E-state index in [1.54, 1.807) is 23.0 Å². The van der Waals surface area contributed by atoms with Crippen molar-refractivity contribution in [2.45, 2.75) is 13.0 Å². The number of ether oxygens (including phenoxy) is 1. The minimum Gasteiger partial charge on any atom is -0.482 e. The Bertz CT molecular complexity index is 698. The van der Waals surface area contributed by atoms with Gasteiger partial charge in [0.1, 0.15) is 5.75 Å². The molecule has 2 N–H and O–H groups in total. The van der Waals surface area contributed by atoms with Gasteiger partial charge in [-0.25, -0.2) is 0 Å². The lowest BCUT2D eigenvalue weighted by atomic mass is 10.2. The Hall–Kier alpha value is -2.21. The molecule has 110 valence electrons. The second kappa shape index (κ2) is 5.29. The number of carbonyl (C=O) groups excluding carboxylic acids is 1. The lowest BCUT2D eigenvalue weighted by Crippen LogP contribution is -2.25. The zero-order valence-corrected chi connectivity index (χ0v) is 12.4. The Balaban J connectivity index is 1.86. The van der Waals surface area contributed by atoms with Gasteiger partial charge in [-0.05, 0) is 19.1 Å². The molecule has 0 fully saturated rings. The van der Waals surface area contributed by atoms with E-state index < -0.39 is 0 Å². The third-order valence-corrected chi connectivity index (χ3v) is 3.69. The van der Waals surface area contributed by atoms with Gasteiger partial charge in [-0.1, -0.05) is 11.6 Å². The van der Waals surface area contributed by atoms with Crippen LogP contribution in [0.25, 0.3) is 0 Å². The van der Waals surface area contributed by atoms with Crippen LogP contribution in [0, 0.1) is 0 Å². The third-order valence-electron chi connectivity index (χ3n) is 3.38. The number of amides is 1. The molecular formula is C14H15ClN4O2. The molecule has 7 heteroatoms. The van der Waals surface area contributed by atoms with Crippen LogP contribution in [0.15, 0.2) is 24.4 Å². The topological polar surface area (TPSA) is 68.2 Å². The lowest BCUT2D eigenvalue weighted by molar-refractivity contribution is -0.118. The van der Waals surface area contributed by atoms with Crippen molar-refractivity contribution in [3.8, 4) is 5.75 Å². The molecule has 1 aromatic heterocycles. The molecule has 0 radical (unpaired) electrons. The molecule has 3 rings (SSSR count). The maximum atomic E-state index is 11.3. The van der Waals surface area contributed by atoms with Crippen LogP contribution in [-0.4, -0.2) is 22.3 Å². The number of aromatic nitrogens is 2. The second-order valence-electron chi connectivity index (χ2n) is 4.91. The standard InChI is InChI=1S/C14H15ClN4O2/c1-8(12-3-4-16-19(12)2)17-10-6-13-11(5-9(10)15)18-14(20)7-21-13/h3-6,8,17H,7H2,1-2H3,(H,18,20). The zero-order chi connectivity index (χ0) is 15.0. The zero-order valence-electron chi connectivity index (χ0n) is 11.7. The minimum atomic E-state index is -0.178. The van der Waals surface area contributed by atoms with E-state index in [4.69, 9.17) is 16.3 Å². The molecule has 0 spiro atoms. The summed E-state index contributed by atoms with van der Waals surface area (Å²) in [6.07, 6.45) is 1.75. The number of benzene rings is 1. The molecule has 0 saturated carbocycles. The van der Waals surface area contributed by atoms with Crippen molar-refractivity contribution < 1.29 is 9.53 Å². The highest BCUT2D eigenvalue weighted by Crippen LogP contribution is 2.37. The van der Waals surface area contributed by atoms with Crippen LogP contribution in [0.4, 0.5) is 11.4 Å². The number of rotatable bonds is 3. The van der Waals surface area contributed by atoms with Gasteiger partial charge in [-0.3, -0.25) is 9.48 Å². The van der Waals surface area contributed by atoms with E-state index in [0.29, 0.717) is 16.5 Å². The fourth-order valence-electron chi connectivity index (χ4n) is 2.33. The first-order chi connectivity index (χ1) is 10.0. The van der Waals surface area contributed by atoms with E-state index in [2.05, 4.69) is 15.7 Å². The number of aryl methyl sites for hydroxylation is 1. The average molecular weight is 307 g/mol. The van der Waals surface area contributed by atoms with Crippen molar-refractivity contribution in [3.05, 3.63) is 35.1 Å². The number of nitrogens with zero attached hydrogens (tertiary/aromatic N) is 2. The summed E-state index contributed by atoms with van der Waals surface area (Å²) in [5.74, 6) is 0.432. The Morgan fingerprint density at radius 2 is 2.33 bits per heavy atom. The van der Waals surface area contributed by atoms with Gasteiger partial charge in [0.05, 0.1) is 28.1 Å². The molecule has 1 aliphatic rings. The molecule has 1 amide bonds. The summed E-state index contributed by atoms with van der Waals surface area (Å²) in [6.45, 7) is 2.04. The largest absolute Gasteiger partial charge is 0.482 e. The van der Waals surface area contributed by atoms with E-state index in [0.717, 1.165) is 11.4 Å². The van der Waals surface area contributed by atoms with Gasteiger partial charge < -0.3 is 15.4 Å². The van der Waals surface area contributed by atoms with E-state index in [9.17, 15) is 4.79 Å². The fourth-order valence-corrected chi connectivity index (χ4v) is 2.54. The smallest absolute Gasteiger partial charge is 0.262 e. The third kappa shape index (κ3) is 2.67. The highest BCUT2D eigenvalue weighted by atomic mass is 35.5. The Morgan fingerprint density at radius 1 is 1.52 bits per heavy atom. The van der Waals surface area contributed by atoms with Crippen molar-refractivity contribution in [2.24, 2.45) is 7.05 Å². The highest BCUT2D eigenvalue weighted by molar-refractivity contribution is 6.33. The molecule has 2 aromatic rings. The monoisotopic (exact) mass is 306 g/mol. The van der Waals surface area contributed by atoms with Crippen LogP contribution in [0.2, 0.25) is 5.02 Å². The van der Waals surface area contributed by atoms with E-state index in [1.165, 1.54) is 0 Å². The predicted octanol–water partition coefficient (Wildman–Crippen LogP) is 2.58. The average Bonchev–Trinajstić information content (AvgIpc) is 2.86. The predicted molar refractivity (Wildman–Crippen MR) is 80.8 cm³/mol. The molecule has 6 nitrogen and oxygen atoms in total. The Kier molecular flexibility index (Phi) is 3.47. The van der Waals surface area contributed by atoms with Crippen LogP contribution in [0.5, 0.6) is 5.75 Å². The summed E-state index contributed by atoms with van der Waals surface area (Å²) in [5, 5.41) is 10.7. The normalized spacial score (nSPS) is 14.9. The number of fused-ring (bicyclic) bond motifs is 1. The summed E-state index contributed by atoms with van der Waals surface area (Å²) in [7, 11) is 1.89. The first-order valence-electron chi connectivity index (χ1n) is 6.55. The summed E-state index contributed by atoms with van der Waals surface area (Å²) in [6, 6.07) is 5.46. The number of nitrogens with one attached hydrogen (secondary N) is 2. The van der Waals surface area contributed by atoms with Crippen molar-refractivity contribution in [3.63, 3.8) is 0 Å². The summed E-state index contributed by atoms with van der Waals surface area (Å²) < 4.78 is 7.21. The van der Waals surface area contributed by atoms with Gasteiger partial charge >= 0.3 is 0 Å². The maximum Gasteiger partial charge on any atom is 0.262 e. The van der Waals surface area contributed by atoms with Crippen molar-refractivity contribution >= 4 is 28.9 Å². The quantitative estimate of drug-likeness (QED) is 0.914. The molecule has 21 heavy (non-hydrogen) atoms. The number of carbonyl (C=O) groups is 1. The molecule has 1 atom stereocenters. The summed E-state index contributed by atoms with van der Waals surface area (Å²) in [5.41, 5.74) is 2.38. The van der Waals surface area contributed by atoms with Gasteiger partial charge in [-0.15, -0.1) is 0 Å². The SMILES string of the molecule is CC(Nc1cc2c(cc1Cl)NC(=O)CO2)c1ccnn1C. The van der Waals surface area contributed by atoms with Gasteiger partial charge in [0, 0.05) is 19.3 Å². The number of hydrogen-bond donors (Lipinski definition) is 2. The van der Waals surface area contributed by atoms with Crippen molar-refractivity contribution in [1.82, 2.24) is 9.78 Å².